The van der Waals surface area contributed by atoms with Gasteiger partial charge in [-0.25, -0.2) is 0 Å². The number of nitrogens with zero attached hydrogens (tertiary/aromatic N) is 1. The summed E-state index contributed by atoms with van der Waals surface area (Å²) in [5, 5.41) is 0. The zero-order chi connectivity index (χ0) is 42.5. The molecular weight excluding hydrogens is 791 g/mol. The van der Waals surface area contributed by atoms with Crippen LogP contribution in [0.1, 0.15) is 44.5 Å². The number of hydrogen-bond acceptors (Lipinski definition) is 2. The standard InChI is InChI=1S/C62H43NS/c1-4-22-44(23-5-1)51-32-12-17-39-58(51)63(49-30-20-28-47(42-49)61(45-24-6-2-7-25-45)54-35-13-10-33-52(54)53-34-11-14-36-55(53)61)50-31-21-29-48(43-50)62(46-26-8-3-9-27-46)56-37-15-18-40-59(56)64-60-41-19-16-38-57(60)62/h1-43H. The number of hydrogen-bond donors (Lipinski definition) is 0. The second kappa shape index (κ2) is 15.6. The molecule has 10 aromatic rings. The highest BCUT2D eigenvalue weighted by Crippen LogP contribution is 2.58. The van der Waals surface area contributed by atoms with Gasteiger partial charge in [-0.1, -0.05) is 230 Å². The summed E-state index contributed by atoms with van der Waals surface area (Å²) in [5.41, 5.74) is 17.2. The van der Waals surface area contributed by atoms with Gasteiger partial charge in [-0.15, -0.1) is 0 Å². The Labute approximate surface area is 380 Å². The van der Waals surface area contributed by atoms with Crippen molar-refractivity contribution in [3.05, 3.63) is 305 Å². The minimum atomic E-state index is -0.573. The number of anilines is 3. The van der Waals surface area contributed by atoms with Crippen molar-refractivity contribution in [1.82, 2.24) is 0 Å². The van der Waals surface area contributed by atoms with Gasteiger partial charge in [0.15, 0.2) is 0 Å². The number of fused-ring (bicyclic) bond motifs is 5. The van der Waals surface area contributed by atoms with Crippen LogP contribution >= 0.6 is 11.8 Å². The van der Waals surface area contributed by atoms with Crippen LogP contribution in [0.15, 0.2) is 271 Å². The van der Waals surface area contributed by atoms with E-state index >= 15 is 0 Å². The molecular formula is C62H43NS. The first-order valence-corrected chi connectivity index (χ1v) is 22.9. The van der Waals surface area contributed by atoms with E-state index in [-0.39, 0.29) is 0 Å². The maximum absolute atomic E-state index is 2.49. The van der Waals surface area contributed by atoms with E-state index < -0.39 is 10.8 Å². The highest BCUT2D eigenvalue weighted by atomic mass is 32.2. The van der Waals surface area contributed by atoms with Gasteiger partial charge in [0, 0.05) is 26.7 Å². The van der Waals surface area contributed by atoms with Crippen molar-refractivity contribution in [2.75, 3.05) is 4.90 Å². The van der Waals surface area contributed by atoms with Crippen LogP contribution in [-0.4, -0.2) is 0 Å². The molecule has 0 spiro atoms. The molecule has 1 aliphatic heterocycles. The molecule has 0 radical (unpaired) electrons. The molecule has 0 saturated heterocycles. The minimum Gasteiger partial charge on any atom is -0.310 e. The summed E-state index contributed by atoms with van der Waals surface area (Å²) in [6.07, 6.45) is 0. The Morgan fingerprint density at radius 2 is 0.656 bits per heavy atom. The van der Waals surface area contributed by atoms with Crippen molar-refractivity contribution < 1.29 is 0 Å². The van der Waals surface area contributed by atoms with E-state index in [4.69, 9.17) is 0 Å². The Morgan fingerprint density at radius 1 is 0.281 bits per heavy atom. The second-order valence-corrected chi connectivity index (χ2v) is 17.8. The van der Waals surface area contributed by atoms with E-state index in [0.29, 0.717) is 0 Å². The number of benzene rings is 10. The quantitative estimate of drug-likeness (QED) is 0.150. The fraction of sp³-hybridized carbons (Fsp3) is 0.0323. The highest BCUT2D eigenvalue weighted by Gasteiger charge is 2.47. The third-order valence-corrected chi connectivity index (χ3v) is 14.6. The van der Waals surface area contributed by atoms with Crippen LogP contribution < -0.4 is 4.90 Å². The van der Waals surface area contributed by atoms with Crippen molar-refractivity contribution in [3.8, 4) is 22.3 Å². The van der Waals surface area contributed by atoms with Crippen LogP contribution in [0.4, 0.5) is 17.1 Å². The molecule has 0 N–H and O–H groups in total. The van der Waals surface area contributed by atoms with Crippen molar-refractivity contribution in [3.63, 3.8) is 0 Å². The summed E-state index contributed by atoms with van der Waals surface area (Å²) in [4.78, 5) is 5.05. The van der Waals surface area contributed by atoms with Gasteiger partial charge in [-0.2, -0.15) is 0 Å². The molecule has 12 rings (SSSR count). The summed E-state index contributed by atoms with van der Waals surface area (Å²) in [7, 11) is 0. The van der Waals surface area contributed by atoms with Crippen LogP contribution in [0.25, 0.3) is 22.3 Å². The molecule has 2 heteroatoms. The molecule has 64 heavy (non-hydrogen) atoms. The van der Waals surface area contributed by atoms with Gasteiger partial charge in [0.1, 0.15) is 0 Å². The predicted octanol–water partition coefficient (Wildman–Crippen LogP) is 16.0. The van der Waals surface area contributed by atoms with E-state index in [0.717, 1.165) is 22.6 Å². The molecule has 1 heterocycles. The van der Waals surface area contributed by atoms with Crippen molar-refractivity contribution in [2.45, 2.75) is 20.6 Å². The zero-order valence-electron chi connectivity index (χ0n) is 35.2. The summed E-state index contributed by atoms with van der Waals surface area (Å²) in [6.45, 7) is 0. The molecule has 0 unspecified atom stereocenters. The van der Waals surface area contributed by atoms with Crippen LogP contribution in [0, 0.1) is 0 Å². The van der Waals surface area contributed by atoms with Gasteiger partial charge in [-0.3, -0.25) is 0 Å². The lowest BCUT2D eigenvalue weighted by atomic mass is 9.64. The van der Waals surface area contributed by atoms with E-state index in [9.17, 15) is 0 Å². The van der Waals surface area contributed by atoms with Crippen LogP contribution in [0.5, 0.6) is 0 Å². The lowest BCUT2D eigenvalue weighted by Crippen LogP contribution is -2.34. The fourth-order valence-corrected chi connectivity index (χ4v) is 12.1. The van der Waals surface area contributed by atoms with Crippen LogP contribution in [0.3, 0.4) is 0 Å². The average Bonchev–Trinajstić information content (AvgIpc) is 3.68. The highest BCUT2D eigenvalue weighted by molar-refractivity contribution is 7.99. The molecule has 1 nitrogen and oxygen atoms in total. The average molecular weight is 834 g/mol. The first-order valence-electron chi connectivity index (χ1n) is 22.1. The van der Waals surface area contributed by atoms with Crippen molar-refractivity contribution >= 4 is 28.8 Å². The Kier molecular flexibility index (Phi) is 9.28. The van der Waals surface area contributed by atoms with Gasteiger partial charge in [0.05, 0.1) is 16.5 Å². The number of para-hydroxylation sites is 1. The Morgan fingerprint density at radius 3 is 1.17 bits per heavy atom. The van der Waals surface area contributed by atoms with E-state index in [1.165, 1.54) is 71.0 Å². The zero-order valence-corrected chi connectivity index (χ0v) is 36.0. The van der Waals surface area contributed by atoms with Gasteiger partial charge >= 0.3 is 0 Å². The molecule has 1 aliphatic carbocycles. The molecule has 10 aromatic carbocycles. The van der Waals surface area contributed by atoms with Crippen molar-refractivity contribution in [1.29, 1.82) is 0 Å². The Hall–Kier alpha value is -7.65. The van der Waals surface area contributed by atoms with Gasteiger partial charge in [-0.05, 0) is 104 Å². The third kappa shape index (κ3) is 5.80. The maximum Gasteiger partial charge on any atom is 0.0724 e. The van der Waals surface area contributed by atoms with Gasteiger partial charge < -0.3 is 4.90 Å². The Balaban J connectivity index is 1.14. The van der Waals surface area contributed by atoms with E-state index in [2.05, 4.69) is 266 Å². The second-order valence-electron chi connectivity index (χ2n) is 16.7. The minimum absolute atomic E-state index is 0.540. The lowest BCUT2D eigenvalue weighted by molar-refractivity contribution is 0.703. The lowest BCUT2D eigenvalue weighted by Gasteiger charge is -2.42. The molecule has 0 amide bonds. The normalized spacial score (nSPS) is 13.8. The predicted molar refractivity (Wildman–Crippen MR) is 266 cm³/mol. The van der Waals surface area contributed by atoms with Gasteiger partial charge in [0.25, 0.3) is 0 Å². The van der Waals surface area contributed by atoms with E-state index in [1.54, 1.807) is 0 Å². The first-order chi connectivity index (χ1) is 31.8. The summed E-state index contributed by atoms with van der Waals surface area (Å²) in [6, 6.07) is 96.6. The molecule has 0 aromatic heterocycles. The van der Waals surface area contributed by atoms with Gasteiger partial charge in [0.2, 0.25) is 0 Å². The first kappa shape index (κ1) is 38.1. The number of rotatable bonds is 8. The maximum atomic E-state index is 2.49. The fourth-order valence-electron chi connectivity index (χ4n) is 10.9. The molecule has 2 aliphatic rings. The van der Waals surface area contributed by atoms with Crippen molar-refractivity contribution in [2.24, 2.45) is 0 Å². The smallest absolute Gasteiger partial charge is 0.0724 e. The van der Waals surface area contributed by atoms with E-state index in [1.807, 2.05) is 11.8 Å². The largest absolute Gasteiger partial charge is 0.310 e. The molecule has 0 fully saturated rings. The van der Waals surface area contributed by atoms with Crippen LogP contribution in [-0.2, 0) is 10.8 Å². The Bertz CT molecular complexity index is 3230. The summed E-state index contributed by atoms with van der Waals surface area (Å²) < 4.78 is 0. The molecule has 0 saturated carbocycles. The molecule has 0 bridgehead atoms. The van der Waals surface area contributed by atoms with Crippen LogP contribution in [0.2, 0.25) is 0 Å². The summed E-state index contributed by atoms with van der Waals surface area (Å²) in [5.74, 6) is 0. The summed E-state index contributed by atoms with van der Waals surface area (Å²) >= 11 is 1.87. The molecule has 0 atom stereocenters. The molecule has 302 valence electrons. The third-order valence-electron chi connectivity index (χ3n) is 13.5. The SMILES string of the molecule is c1ccc(-c2ccccc2N(c2cccc(C3(c4ccccc4)c4ccccc4Sc4ccccc43)c2)c2cccc(C3(c4ccccc4)c4ccccc4-c4ccccc43)c2)cc1. The topological polar surface area (TPSA) is 3.24 Å². The monoisotopic (exact) mass is 833 g/mol.